The number of aromatic nitrogens is 1. The summed E-state index contributed by atoms with van der Waals surface area (Å²) in [6, 6.07) is 79.4. The zero-order valence-electron chi connectivity index (χ0n) is 30.7. The summed E-state index contributed by atoms with van der Waals surface area (Å²) in [7, 11) is 0. The van der Waals surface area contributed by atoms with Crippen molar-refractivity contribution in [1.29, 1.82) is 0 Å². The maximum absolute atomic E-state index is 2.39. The van der Waals surface area contributed by atoms with Gasteiger partial charge in [0.2, 0.25) is 0 Å². The number of nitrogens with zero attached hydrogens (tertiary/aromatic N) is 2. The molecule has 11 rings (SSSR count). The Balaban J connectivity index is 1.02. The van der Waals surface area contributed by atoms with Gasteiger partial charge in [-0.2, -0.15) is 0 Å². The zero-order chi connectivity index (χ0) is 37.0. The highest BCUT2D eigenvalue weighted by atomic mass is 15.1. The highest BCUT2D eigenvalue weighted by Crippen LogP contribution is 2.41. The third-order valence-electron chi connectivity index (χ3n) is 11.3. The van der Waals surface area contributed by atoms with Crippen LogP contribution >= 0.6 is 0 Å². The van der Waals surface area contributed by atoms with Crippen LogP contribution in [0.2, 0.25) is 0 Å². The van der Waals surface area contributed by atoms with Crippen molar-refractivity contribution in [2.24, 2.45) is 0 Å². The van der Waals surface area contributed by atoms with E-state index in [9.17, 15) is 0 Å². The van der Waals surface area contributed by atoms with E-state index in [2.05, 4.69) is 228 Å². The molecule has 2 heteroatoms. The van der Waals surface area contributed by atoms with Gasteiger partial charge in [-0.25, -0.2) is 0 Å². The average Bonchev–Trinajstić information content (AvgIpc) is 3.61. The van der Waals surface area contributed by atoms with Gasteiger partial charge in [0, 0.05) is 33.5 Å². The Morgan fingerprint density at radius 3 is 1.57 bits per heavy atom. The average molecular weight is 713 g/mol. The van der Waals surface area contributed by atoms with E-state index in [-0.39, 0.29) is 0 Å². The zero-order valence-corrected chi connectivity index (χ0v) is 30.7. The van der Waals surface area contributed by atoms with Gasteiger partial charge in [-0.1, -0.05) is 158 Å². The lowest BCUT2D eigenvalue weighted by Gasteiger charge is -2.26. The molecule has 0 spiro atoms. The van der Waals surface area contributed by atoms with Gasteiger partial charge in [-0.05, 0) is 115 Å². The molecule has 0 amide bonds. The van der Waals surface area contributed by atoms with Crippen LogP contribution in [0.4, 0.5) is 17.1 Å². The molecule has 1 heterocycles. The van der Waals surface area contributed by atoms with Crippen LogP contribution in [-0.4, -0.2) is 4.57 Å². The van der Waals surface area contributed by atoms with Crippen LogP contribution in [0.15, 0.2) is 218 Å². The molecule has 262 valence electrons. The largest absolute Gasteiger partial charge is 0.310 e. The van der Waals surface area contributed by atoms with E-state index < -0.39 is 0 Å². The maximum atomic E-state index is 2.39. The molecule has 0 aliphatic carbocycles. The molecule has 0 aliphatic rings. The van der Waals surface area contributed by atoms with Crippen LogP contribution in [0.5, 0.6) is 0 Å². The summed E-state index contributed by atoms with van der Waals surface area (Å²) in [5.41, 5.74) is 11.8. The molecule has 2 nitrogen and oxygen atoms in total. The summed E-state index contributed by atoms with van der Waals surface area (Å²) in [5, 5.41) is 9.99. The monoisotopic (exact) mass is 712 g/mol. The first-order chi connectivity index (χ1) is 27.8. The number of fused-ring (bicyclic) bond motifs is 7. The highest BCUT2D eigenvalue weighted by Gasteiger charge is 2.17. The van der Waals surface area contributed by atoms with E-state index in [0.29, 0.717) is 0 Å². The molecule has 0 atom stereocenters. The van der Waals surface area contributed by atoms with Gasteiger partial charge in [-0.3, -0.25) is 0 Å². The molecule has 0 unspecified atom stereocenters. The molecule has 0 aliphatic heterocycles. The fraction of sp³-hybridized carbons (Fsp3) is 0. The van der Waals surface area contributed by atoms with Crippen LogP contribution in [0.1, 0.15) is 0 Å². The number of hydrogen-bond acceptors (Lipinski definition) is 1. The number of hydrogen-bond donors (Lipinski definition) is 0. The van der Waals surface area contributed by atoms with Gasteiger partial charge >= 0.3 is 0 Å². The Hall–Kier alpha value is -7.42. The van der Waals surface area contributed by atoms with Crippen molar-refractivity contribution in [2.75, 3.05) is 4.90 Å². The molecule has 0 bridgehead atoms. The summed E-state index contributed by atoms with van der Waals surface area (Å²) in [6.45, 7) is 0. The molecule has 0 N–H and O–H groups in total. The van der Waals surface area contributed by atoms with Crippen molar-refractivity contribution >= 4 is 71.2 Å². The summed E-state index contributed by atoms with van der Waals surface area (Å²) < 4.78 is 2.39. The predicted octanol–water partition coefficient (Wildman–Crippen LogP) is 15.0. The van der Waals surface area contributed by atoms with E-state index in [1.54, 1.807) is 0 Å². The molecule has 11 aromatic rings. The molecule has 0 radical (unpaired) electrons. The molecule has 10 aromatic carbocycles. The first kappa shape index (κ1) is 32.0. The maximum Gasteiger partial charge on any atom is 0.0541 e. The smallest absolute Gasteiger partial charge is 0.0541 e. The number of benzene rings is 10. The van der Waals surface area contributed by atoms with E-state index in [1.165, 1.54) is 76.4 Å². The quantitative estimate of drug-likeness (QED) is 0.156. The third kappa shape index (κ3) is 5.26. The summed E-state index contributed by atoms with van der Waals surface area (Å²) >= 11 is 0. The second-order valence-corrected chi connectivity index (χ2v) is 14.5. The lowest BCUT2D eigenvalue weighted by Crippen LogP contribution is -2.10. The number of rotatable bonds is 6. The molecule has 0 saturated heterocycles. The van der Waals surface area contributed by atoms with Crippen LogP contribution in [0.25, 0.3) is 82.1 Å². The minimum atomic E-state index is 1.10. The second kappa shape index (κ2) is 13.2. The second-order valence-electron chi connectivity index (χ2n) is 14.5. The molecular formula is C54H36N2. The van der Waals surface area contributed by atoms with Crippen LogP contribution < -0.4 is 4.90 Å². The first-order valence-corrected chi connectivity index (χ1v) is 19.3. The minimum absolute atomic E-state index is 1.10. The van der Waals surface area contributed by atoms with E-state index in [4.69, 9.17) is 0 Å². The Labute approximate surface area is 325 Å². The fourth-order valence-electron chi connectivity index (χ4n) is 8.80. The molecular weight excluding hydrogens is 677 g/mol. The Morgan fingerprint density at radius 1 is 0.304 bits per heavy atom. The van der Waals surface area contributed by atoms with E-state index in [1.807, 2.05) is 0 Å². The SMILES string of the molecule is c1ccc(-c2cccc3cccc(-c4ccc5c(ccc6cc(N(c7ccccc7)c7cccc(-n8c9ccccc9c9ccccc98)c7)ccc65)c4)c23)cc1. The highest BCUT2D eigenvalue weighted by molar-refractivity contribution is 6.12. The third-order valence-corrected chi connectivity index (χ3v) is 11.3. The molecule has 0 saturated carbocycles. The minimum Gasteiger partial charge on any atom is -0.310 e. The summed E-state index contributed by atoms with van der Waals surface area (Å²) in [4.78, 5) is 2.37. The van der Waals surface area contributed by atoms with Gasteiger partial charge < -0.3 is 9.47 Å². The van der Waals surface area contributed by atoms with Crippen molar-refractivity contribution in [3.8, 4) is 27.9 Å². The van der Waals surface area contributed by atoms with E-state index in [0.717, 1.165) is 22.7 Å². The standard InChI is InChI=1S/C54H36N2/c1-3-14-37(15-4-1)48-24-11-16-38-17-12-25-49(54(38)48)40-30-32-46-39(34-40)28-29-41-35-45(31-33-47(41)46)55(42-18-5-2-6-19-42)43-20-13-21-44(36-43)56-52-26-9-7-22-50(52)51-23-8-10-27-53(51)56/h1-36H. The lowest BCUT2D eigenvalue weighted by atomic mass is 9.90. The number of para-hydroxylation sites is 3. The fourth-order valence-corrected chi connectivity index (χ4v) is 8.80. The van der Waals surface area contributed by atoms with Crippen molar-refractivity contribution in [3.05, 3.63) is 218 Å². The van der Waals surface area contributed by atoms with Crippen molar-refractivity contribution in [2.45, 2.75) is 0 Å². The van der Waals surface area contributed by atoms with Gasteiger partial charge in [0.1, 0.15) is 0 Å². The van der Waals surface area contributed by atoms with E-state index >= 15 is 0 Å². The van der Waals surface area contributed by atoms with Crippen LogP contribution in [0.3, 0.4) is 0 Å². The first-order valence-electron chi connectivity index (χ1n) is 19.3. The molecule has 56 heavy (non-hydrogen) atoms. The van der Waals surface area contributed by atoms with Crippen LogP contribution in [0, 0.1) is 0 Å². The summed E-state index contributed by atoms with van der Waals surface area (Å²) in [6.07, 6.45) is 0. The van der Waals surface area contributed by atoms with Crippen LogP contribution in [-0.2, 0) is 0 Å². The van der Waals surface area contributed by atoms with Crippen molar-refractivity contribution in [1.82, 2.24) is 4.57 Å². The van der Waals surface area contributed by atoms with Gasteiger partial charge in [0.15, 0.2) is 0 Å². The van der Waals surface area contributed by atoms with Crippen molar-refractivity contribution in [3.63, 3.8) is 0 Å². The molecule has 0 fully saturated rings. The number of anilines is 3. The Kier molecular flexibility index (Phi) is 7.53. The topological polar surface area (TPSA) is 8.17 Å². The Morgan fingerprint density at radius 2 is 0.857 bits per heavy atom. The Bertz CT molecular complexity index is 3190. The lowest BCUT2D eigenvalue weighted by molar-refractivity contribution is 1.17. The van der Waals surface area contributed by atoms with Gasteiger partial charge in [0.05, 0.1) is 11.0 Å². The van der Waals surface area contributed by atoms with Gasteiger partial charge in [0.25, 0.3) is 0 Å². The molecule has 1 aromatic heterocycles. The summed E-state index contributed by atoms with van der Waals surface area (Å²) in [5.74, 6) is 0. The predicted molar refractivity (Wildman–Crippen MR) is 239 cm³/mol. The van der Waals surface area contributed by atoms with Crippen molar-refractivity contribution < 1.29 is 0 Å². The van der Waals surface area contributed by atoms with Gasteiger partial charge in [-0.15, -0.1) is 0 Å². The normalized spacial score (nSPS) is 11.6.